The molecule has 0 radical (unpaired) electrons. The van der Waals surface area contributed by atoms with Crippen molar-refractivity contribution in [2.75, 3.05) is 39.6 Å². The fraction of sp³-hybridized carbons (Fsp3) is 0.897. The molecule has 0 aliphatic rings. The second kappa shape index (κ2) is 68.0. The van der Waals surface area contributed by atoms with Gasteiger partial charge in [-0.1, -0.05) is 323 Å². The maximum absolute atomic E-state index is 13.1. The second-order valence-corrected chi connectivity index (χ2v) is 31.3. The number of esters is 4. The topological polar surface area (TPSA) is 237 Å². The van der Waals surface area contributed by atoms with E-state index in [1.54, 1.807) is 0 Å². The summed E-state index contributed by atoms with van der Waals surface area (Å²) in [6, 6.07) is 0. The zero-order valence-corrected chi connectivity index (χ0v) is 64.8. The van der Waals surface area contributed by atoms with Crippen LogP contribution in [0.25, 0.3) is 0 Å². The van der Waals surface area contributed by atoms with E-state index >= 15 is 0 Å². The number of ether oxygens (including phenoxy) is 4. The Morgan fingerprint density at radius 2 is 0.608 bits per heavy atom. The molecule has 0 fully saturated rings. The Balaban J connectivity index is 5.28. The van der Waals surface area contributed by atoms with Crippen LogP contribution in [0.15, 0.2) is 24.3 Å². The minimum atomic E-state index is -4.97. The van der Waals surface area contributed by atoms with Gasteiger partial charge < -0.3 is 33.8 Å². The molecule has 0 bridgehead atoms. The van der Waals surface area contributed by atoms with Crippen LogP contribution in [0.3, 0.4) is 0 Å². The van der Waals surface area contributed by atoms with Crippen molar-refractivity contribution in [1.82, 2.24) is 0 Å². The molecule has 4 unspecified atom stereocenters. The van der Waals surface area contributed by atoms with E-state index < -0.39 is 97.5 Å². The largest absolute Gasteiger partial charge is 0.472 e. The maximum Gasteiger partial charge on any atom is 0.472 e. The first kappa shape index (κ1) is 94.5. The highest BCUT2D eigenvalue weighted by Gasteiger charge is 2.30. The summed E-state index contributed by atoms with van der Waals surface area (Å²) in [5.74, 6) is 0.194. The molecule has 572 valence electrons. The Kier molecular flexibility index (Phi) is 66.3. The first-order valence-corrected chi connectivity index (χ1v) is 42.7. The van der Waals surface area contributed by atoms with Crippen molar-refractivity contribution in [3.05, 3.63) is 24.3 Å². The van der Waals surface area contributed by atoms with Gasteiger partial charge in [-0.15, -0.1) is 0 Å². The molecular formula is C78H148O17P2. The molecule has 0 aromatic carbocycles. The van der Waals surface area contributed by atoms with E-state index in [9.17, 15) is 43.2 Å². The van der Waals surface area contributed by atoms with Crippen LogP contribution < -0.4 is 0 Å². The molecule has 0 spiro atoms. The molecule has 3 N–H and O–H groups in total. The molecule has 0 aliphatic carbocycles. The maximum atomic E-state index is 13.1. The lowest BCUT2D eigenvalue weighted by atomic mass is 9.99. The van der Waals surface area contributed by atoms with Crippen molar-refractivity contribution in [1.29, 1.82) is 0 Å². The highest BCUT2D eigenvalue weighted by molar-refractivity contribution is 7.47. The van der Waals surface area contributed by atoms with Gasteiger partial charge in [-0.25, -0.2) is 9.13 Å². The summed E-state index contributed by atoms with van der Waals surface area (Å²) in [4.78, 5) is 72.9. The highest BCUT2D eigenvalue weighted by atomic mass is 31.2. The molecule has 19 heteroatoms. The summed E-state index contributed by atoms with van der Waals surface area (Å²) in [5.41, 5.74) is 0. The summed E-state index contributed by atoms with van der Waals surface area (Å²) < 4.78 is 68.5. The number of unbranched alkanes of at least 4 members (excludes halogenated alkanes) is 37. The third kappa shape index (κ3) is 69.1. The monoisotopic (exact) mass is 1420 g/mol. The SMILES string of the molecule is CCCCCC/C=C\C=C/CCCCCCCC(=O)O[C@H](COC(=O)CCCCCCCCCCCCCCCCC(C)CC)COP(=O)(O)OC[C@@H](O)COP(=O)(O)OC[C@@H](COC(=O)CCCCCCCCC(C)CC)OC(=O)CCCCCCCCCCCCCC(C)C. The molecule has 0 aromatic heterocycles. The molecule has 0 saturated carbocycles. The fourth-order valence-electron chi connectivity index (χ4n) is 11.4. The van der Waals surface area contributed by atoms with E-state index in [4.69, 9.17) is 37.0 Å². The van der Waals surface area contributed by atoms with Gasteiger partial charge in [0.15, 0.2) is 12.2 Å². The van der Waals surface area contributed by atoms with E-state index in [0.29, 0.717) is 25.7 Å². The number of carbonyl (C=O) groups is 4. The van der Waals surface area contributed by atoms with Gasteiger partial charge in [-0.3, -0.25) is 37.3 Å². The van der Waals surface area contributed by atoms with Gasteiger partial charge in [0.05, 0.1) is 26.4 Å². The van der Waals surface area contributed by atoms with Gasteiger partial charge in [0.25, 0.3) is 0 Å². The molecular weight excluding hydrogens is 1270 g/mol. The first-order valence-electron chi connectivity index (χ1n) is 39.7. The third-order valence-corrected chi connectivity index (χ3v) is 20.1. The number of rotatable bonds is 74. The minimum Gasteiger partial charge on any atom is -0.462 e. The molecule has 0 heterocycles. The summed E-state index contributed by atoms with van der Waals surface area (Å²) in [5, 5.41) is 10.6. The van der Waals surface area contributed by atoms with Crippen molar-refractivity contribution < 1.29 is 80.2 Å². The number of aliphatic hydroxyl groups excluding tert-OH is 1. The van der Waals surface area contributed by atoms with Crippen molar-refractivity contribution >= 4 is 39.5 Å². The van der Waals surface area contributed by atoms with Crippen LogP contribution in [0.1, 0.15) is 376 Å². The van der Waals surface area contributed by atoms with E-state index in [-0.39, 0.29) is 25.7 Å². The van der Waals surface area contributed by atoms with Crippen molar-refractivity contribution in [2.45, 2.75) is 394 Å². The number of phosphoric acid groups is 2. The lowest BCUT2D eigenvalue weighted by Crippen LogP contribution is -2.30. The van der Waals surface area contributed by atoms with E-state index in [1.165, 1.54) is 167 Å². The zero-order chi connectivity index (χ0) is 71.6. The van der Waals surface area contributed by atoms with Crippen LogP contribution in [0, 0.1) is 17.8 Å². The van der Waals surface area contributed by atoms with Crippen LogP contribution in [0.5, 0.6) is 0 Å². The summed E-state index contributed by atoms with van der Waals surface area (Å²) in [6.45, 7) is 11.9. The number of hydrogen-bond donors (Lipinski definition) is 3. The smallest absolute Gasteiger partial charge is 0.462 e. The quantitative estimate of drug-likeness (QED) is 0.0169. The average Bonchev–Trinajstić information content (AvgIpc) is 1.94. The van der Waals surface area contributed by atoms with Gasteiger partial charge in [0, 0.05) is 25.7 Å². The van der Waals surface area contributed by atoms with Gasteiger partial charge in [-0.05, 0) is 69.1 Å². The Bertz CT molecular complexity index is 1990. The standard InChI is InChI=1S/C78H148O17P2/c1-8-11-12-13-14-15-16-17-18-23-28-33-38-47-54-61-77(82)94-73(65-88-75(80)59-52-45-37-32-27-22-20-19-21-26-31-36-43-50-57-70(6)9-2)67-92-96(84,85)90-63-72(79)64-91-97(86,87)93-68-74(66-89-76(81)60-53-46-41-40-44-51-58-71(7)10-3)95-78(83)62-55-48-39-34-29-24-25-30-35-42-49-56-69(4)5/h15-18,69-74,79H,8-14,19-68H2,1-7H3,(H,84,85)(H,86,87)/b16-15-,18-17-/t70?,71?,72-,73-,74-/m1/s1. The molecule has 97 heavy (non-hydrogen) atoms. The molecule has 0 saturated heterocycles. The number of allylic oxidation sites excluding steroid dienone is 4. The molecule has 17 nitrogen and oxygen atoms in total. The Hall–Kier alpha value is -2.46. The summed E-state index contributed by atoms with van der Waals surface area (Å²) in [7, 11) is -9.93. The van der Waals surface area contributed by atoms with Crippen LogP contribution >= 0.6 is 15.6 Å². The minimum absolute atomic E-state index is 0.0849. The molecule has 0 aliphatic heterocycles. The average molecular weight is 1420 g/mol. The van der Waals surface area contributed by atoms with Crippen molar-refractivity contribution in [3.8, 4) is 0 Å². The van der Waals surface area contributed by atoms with Crippen LogP contribution in [-0.4, -0.2) is 96.7 Å². The highest BCUT2D eigenvalue weighted by Crippen LogP contribution is 2.45. The number of hydrogen-bond acceptors (Lipinski definition) is 15. The van der Waals surface area contributed by atoms with Crippen molar-refractivity contribution in [3.63, 3.8) is 0 Å². The molecule has 7 atom stereocenters. The van der Waals surface area contributed by atoms with Crippen LogP contribution in [-0.2, 0) is 65.4 Å². The second-order valence-electron chi connectivity index (χ2n) is 28.4. The predicted molar refractivity (Wildman–Crippen MR) is 395 cm³/mol. The van der Waals surface area contributed by atoms with Gasteiger partial charge >= 0.3 is 39.5 Å². The van der Waals surface area contributed by atoms with E-state index in [2.05, 4.69) is 72.8 Å². The zero-order valence-electron chi connectivity index (χ0n) is 63.0. The van der Waals surface area contributed by atoms with Crippen molar-refractivity contribution in [2.24, 2.45) is 17.8 Å². The molecule has 0 aromatic rings. The lowest BCUT2D eigenvalue weighted by Gasteiger charge is -2.21. The predicted octanol–water partition coefficient (Wildman–Crippen LogP) is 22.5. The van der Waals surface area contributed by atoms with E-state index in [0.717, 1.165) is 127 Å². The van der Waals surface area contributed by atoms with Crippen LogP contribution in [0.2, 0.25) is 0 Å². The van der Waals surface area contributed by atoms with Gasteiger partial charge in [0.1, 0.15) is 19.3 Å². The molecule has 0 rings (SSSR count). The summed E-state index contributed by atoms with van der Waals surface area (Å²) >= 11 is 0. The first-order chi connectivity index (χ1) is 46.8. The number of carbonyl (C=O) groups excluding carboxylic acids is 4. The third-order valence-electron chi connectivity index (χ3n) is 18.2. The van der Waals surface area contributed by atoms with E-state index in [1.807, 2.05) is 0 Å². The number of aliphatic hydroxyl groups is 1. The van der Waals surface area contributed by atoms with Gasteiger partial charge in [0.2, 0.25) is 0 Å². The normalized spacial score (nSPS) is 14.8. The Morgan fingerprint density at radius 1 is 0.340 bits per heavy atom. The van der Waals surface area contributed by atoms with Gasteiger partial charge in [-0.2, -0.15) is 0 Å². The number of phosphoric ester groups is 2. The molecule has 0 amide bonds. The fourth-order valence-corrected chi connectivity index (χ4v) is 12.9. The van der Waals surface area contributed by atoms with Crippen LogP contribution in [0.4, 0.5) is 0 Å². The Morgan fingerprint density at radius 3 is 0.918 bits per heavy atom. The lowest BCUT2D eigenvalue weighted by molar-refractivity contribution is -0.161. The Labute approximate surface area is 592 Å². The summed E-state index contributed by atoms with van der Waals surface area (Å²) in [6.07, 6.45) is 57.6.